The van der Waals surface area contributed by atoms with Crippen molar-refractivity contribution in [3.8, 4) is 0 Å². The van der Waals surface area contributed by atoms with Crippen LogP contribution in [0.3, 0.4) is 0 Å². The lowest BCUT2D eigenvalue weighted by Crippen LogP contribution is -2.20. The van der Waals surface area contributed by atoms with Gasteiger partial charge >= 0.3 is 5.97 Å². The van der Waals surface area contributed by atoms with Gasteiger partial charge in [0.1, 0.15) is 5.82 Å². The lowest BCUT2D eigenvalue weighted by Gasteiger charge is -2.07. The molecule has 0 unspecified atom stereocenters. The molecule has 1 aromatic heterocycles. The van der Waals surface area contributed by atoms with Gasteiger partial charge in [0.2, 0.25) is 0 Å². The maximum Gasteiger partial charge on any atom is 0.331 e. The van der Waals surface area contributed by atoms with E-state index in [0.29, 0.717) is 0 Å². The van der Waals surface area contributed by atoms with E-state index in [2.05, 4.69) is 5.32 Å². The highest BCUT2D eigenvalue weighted by atomic mass is 35.5. The van der Waals surface area contributed by atoms with Crippen LogP contribution in [-0.4, -0.2) is 18.5 Å². The normalized spacial score (nSPS) is 10.6. The number of carbonyl (C=O) groups excluding carboxylic acids is 2. The second-order valence-electron chi connectivity index (χ2n) is 4.17. The molecule has 7 heteroatoms. The summed E-state index contributed by atoms with van der Waals surface area (Å²) < 4.78 is 17.7. The Balaban J connectivity index is 1.81. The lowest BCUT2D eigenvalue weighted by molar-refractivity contribution is -0.142. The van der Waals surface area contributed by atoms with E-state index in [1.54, 1.807) is 6.08 Å². The smallest absolute Gasteiger partial charge is 0.331 e. The second kappa shape index (κ2) is 7.72. The predicted octanol–water partition coefficient (Wildman–Crippen LogP) is 3.74. The van der Waals surface area contributed by atoms with Crippen LogP contribution in [0.4, 0.5) is 10.1 Å². The Morgan fingerprint density at radius 2 is 2.18 bits per heavy atom. The van der Waals surface area contributed by atoms with E-state index >= 15 is 0 Å². The Morgan fingerprint density at radius 3 is 2.86 bits per heavy atom. The molecule has 1 amide bonds. The molecule has 1 heterocycles. The van der Waals surface area contributed by atoms with E-state index < -0.39 is 24.3 Å². The topological polar surface area (TPSA) is 55.4 Å². The Bertz CT molecular complexity index is 701. The van der Waals surface area contributed by atoms with Crippen LogP contribution in [0.1, 0.15) is 5.56 Å². The summed E-state index contributed by atoms with van der Waals surface area (Å²) in [4.78, 5) is 23.1. The molecule has 0 atom stereocenters. The van der Waals surface area contributed by atoms with Crippen molar-refractivity contribution in [3.63, 3.8) is 0 Å². The first-order valence-corrected chi connectivity index (χ1v) is 7.48. The molecule has 4 nitrogen and oxygen atoms in total. The highest BCUT2D eigenvalue weighted by molar-refractivity contribution is 7.08. The summed E-state index contributed by atoms with van der Waals surface area (Å²) in [6.45, 7) is -0.458. The first-order chi connectivity index (χ1) is 10.5. The predicted molar refractivity (Wildman–Crippen MR) is 84.4 cm³/mol. The molecular weight excluding hydrogens is 329 g/mol. The number of benzene rings is 1. The van der Waals surface area contributed by atoms with Gasteiger partial charge < -0.3 is 10.1 Å². The first kappa shape index (κ1) is 16.2. The molecule has 0 radical (unpaired) electrons. The Morgan fingerprint density at radius 1 is 1.36 bits per heavy atom. The second-order valence-corrected chi connectivity index (χ2v) is 5.36. The zero-order valence-electron chi connectivity index (χ0n) is 11.2. The molecule has 0 saturated carbocycles. The third-order valence-electron chi connectivity index (χ3n) is 2.51. The van der Waals surface area contributed by atoms with Gasteiger partial charge in [-0.15, -0.1) is 0 Å². The molecule has 0 bridgehead atoms. The monoisotopic (exact) mass is 339 g/mol. The van der Waals surface area contributed by atoms with Crippen molar-refractivity contribution in [2.24, 2.45) is 0 Å². The fourth-order valence-corrected chi connectivity index (χ4v) is 2.34. The number of hydrogen-bond donors (Lipinski definition) is 1. The highest BCUT2D eigenvalue weighted by Gasteiger charge is 2.08. The third-order valence-corrected chi connectivity index (χ3v) is 3.52. The minimum atomic E-state index is -0.633. The largest absolute Gasteiger partial charge is 0.452 e. The standard InChI is InChI=1S/C15H11ClFNO3S/c16-12-7-11(17)2-3-13(12)18-14(19)8-21-15(20)4-1-10-5-6-22-9-10/h1-7,9H,8H2,(H,18,19)/b4-1+. The molecule has 0 aliphatic heterocycles. The van der Waals surface area contributed by atoms with Crippen LogP contribution in [-0.2, 0) is 14.3 Å². The van der Waals surface area contributed by atoms with E-state index in [-0.39, 0.29) is 10.7 Å². The number of rotatable bonds is 5. The average molecular weight is 340 g/mol. The maximum atomic E-state index is 12.9. The third kappa shape index (κ3) is 4.98. The van der Waals surface area contributed by atoms with Crippen molar-refractivity contribution in [1.29, 1.82) is 0 Å². The molecule has 114 valence electrons. The van der Waals surface area contributed by atoms with E-state index in [4.69, 9.17) is 16.3 Å². The van der Waals surface area contributed by atoms with Crippen molar-refractivity contribution in [1.82, 2.24) is 0 Å². The number of thiophene rings is 1. The number of hydrogen-bond acceptors (Lipinski definition) is 4. The average Bonchev–Trinajstić information content (AvgIpc) is 2.99. The van der Waals surface area contributed by atoms with Gasteiger partial charge in [-0.2, -0.15) is 11.3 Å². The summed E-state index contributed by atoms with van der Waals surface area (Å²) in [5.74, 6) is -1.70. The van der Waals surface area contributed by atoms with Crippen molar-refractivity contribution >= 4 is 46.6 Å². The molecule has 0 saturated heterocycles. The maximum absolute atomic E-state index is 12.9. The molecule has 2 rings (SSSR count). The van der Waals surface area contributed by atoms with Gasteiger partial charge in [0.05, 0.1) is 10.7 Å². The Hall–Kier alpha value is -2.18. The number of carbonyl (C=O) groups is 2. The molecule has 0 fully saturated rings. The molecule has 22 heavy (non-hydrogen) atoms. The summed E-state index contributed by atoms with van der Waals surface area (Å²) in [6, 6.07) is 5.41. The molecule has 0 aliphatic rings. The zero-order valence-corrected chi connectivity index (χ0v) is 12.8. The van der Waals surface area contributed by atoms with E-state index in [9.17, 15) is 14.0 Å². The number of esters is 1. The summed E-state index contributed by atoms with van der Waals surface area (Å²) in [7, 11) is 0. The Kier molecular flexibility index (Phi) is 5.68. The minimum Gasteiger partial charge on any atom is -0.452 e. The fourth-order valence-electron chi connectivity index (χ4n) is 1.50. The van der Waals surface area contributed by atoms with Crippen LogP contribution >= 0.6 is 22.9 Å². The number of anilines is 1. The fraction of sp³-hybridized carbons (Fsp3) is 0.0667. The minimum absolute atomic E-state index is 0.0667. The van der Waals surface area contributed by atoms with Crippen molar-refractivity contribution in [2.45, 2.75) is 0 Å². The van der Waals surface area contributed by atoms with Gasteiger partial charge in [0.15, 0.2) is 6.61 Å². The summed E-state index contributed by atoms with van der Waals surface area (Å²) in [5.41, 5.74) is 1.13. The molecule has 0 spiro atoms. The summed E-state index contributed by atoms with van der Waals surface area (Å²) >= 11 is 7.28. The van der Waals surface area contributed by atoms with E-state index in [1.165, 1.54) is 23.5 Å². The van der Waals surface area contributed by atoms with Crippen LogP contribution < -0.4 is 5.32 Å². The van der Waals surface area contributed by atoms with Crippen LogP contribution in [0, 0.1) is 5.82 Å². The number of ether oxygens (including phenoxy) is 1. The lowest BCUT2D eigenvalue weighted by atomic mass is 10.3. The summed E-state index contributed by atoms with van der Waals surface area (Å²) in [6.07, 6.45) is 2.83. The zero-order chi connectivity index (χ0) is 15.9. The molecule has 1 N–H and O–H groups in total. The highest BCUT2D eigenvalue weighted by Crippen LogP contribution is 2.22. The molecular formula is C15H11ClFNO3S. The van der Waals surface area contributed by atoms with Crippen molar-refractivity contribution < 1.29 is 18.7 Å². The first-order valence-electron chi connectivity index (χ1n) is 6.16. The SMILES string of the molecule is O=C(COC(=O)/C=C/c1ccsc1)Nc1ccc(F)cc1Cl. The van der Waals surface area contributed by atoms with Crippen LogP contribution in [0.5, 0.6) is 0 Å². The van der Waals surface area contributed by atoms with Gasteiger partial charge in [0.25, 0.3) is 5.91 Å². The van der Waals surface area contributed by atoms with E-state index in [1.807, 2.05) is 16.8 Å². The van der Waals surface area contributed by atoms with Gasteiger partial charge in [-0.3, -0.25) is 4.79 Å². The summed E-state index contributed by atoms with van der Waals surface area (Å²) in [5, 5.41) is 6.24. The van der Waals surface area contributed by atoms with E-state index in [0.717, 1.165) is 17.7 Å². The van der Waals surface area contributed by atoms with Gasteiger partial charge in [0, 0.05) is 6.08 Å². The van der Waals surface area contributed by atoms with Crippen LogP contribution in [0.2, 0.25) is 5.02 Å². The van der Waals surface area contributed by atoms with Crippen LogP contribution in [0.15, 0.2) is 41.1 Å². The quantitative estimate of drug-likeness (QED) is 0.667. The van der Waals surface area contributed by atoms with Gasteiger partial charge in [-0.1, -0.05) is 11.6 Å². The van der Waals surface area contributed by atoms with Gasteiger partial charge in [-0.05, 0) is 46.7 Å². The van der Waals surface area contributed by atoms with Crippen molar-refractivity contribution in [2.75, 3.05) is 11.9 Å². The Labute approximate surface area is 135 Å². The molecule has 0 aliphatic carbocycles. The van der Waals surface area contributed by atoms with Gasteiger partial charge in [-0.25, -0.2) is 9.18 Å². The van der Waals surface area contributed by atoms with Crippen LogP contribution in [0.25, 0.3) is 6.08 Å². The number of halogens is 2. The number of amides is 1. The molecule has 1 aromatic carbocycles. The van der Waals surface area contributed by atoms with Crippen molar-refractivity contribution in [3.05, 3.63) is 57.5 Å². The number of nitrogens with one attached hydrogen (secondary N) is 1. The molecule has 2 aromatic rings.